The number of H-pyrrole nitrogens is 1. The molecule has 1 amide bonds. The Morgan fingerprint density at radius 2 is 2.11 bits per heavy atom. The quantitative estimate of drug-likeness (QED) is 0.797. The van der Waals surface area contributed by atoms with Crippen LogP contribution in [0.5, 0.6) is 0 Å². The molecule has 1 fully saturated rings. The van der Waals surface area contributed by atoms with Gasteiger partial charge in [-0.05, 0) is 45.7 Å². The monoisotopic (exact) mass is 400 g/mol. The summed E-state index contributed by atoms with van der Waals surface area (Å²) in [5.41, 5.74) is 2.89. The number of para-hydroxylation sites is 1. The second-order valence-electron chi connectivity index (χ2n) is 8.37. The molecule has 2 aromatic rings. The number of hydrogen-bond donors (Lipinski definition) is 2. The summed E-state index contributed by atoms with van der Waals surface area (Å²) in [4.78, 5) is 22.2. The van der Waals surface area contributed by atoms with Gasteiger partial charge in [-0.15, -0.1) is 11.8 Å². The zero-order valence-corrected chi connectivity index (χ0v) is 17.6. The van der Waals surface area contributed by atoms with E-state index in [0.717, 1.165) is 47.1 Å². The molecule has 1 aromatic heterocycles. The van der Waals surface area contributed by atoms with Gasteiger partial charge in [-0.2, -0.15) is 0 Å². The lowest BCUT2D eigenvalue weighted by molar-refractivity contribution is 0.0210. The molecule has 0 bridgehead atoms. The molecular weight excluding hydrogens is 372 g/mol. The zero-order valence-electron chi connectivity index (χ0n) is 16.7. The minimum atomic E-state index is -0.449. The highest BCUT2D eigenvalue weighted by Gasteiger charge is 2.27. The molecule has 0 spiro atoms. The van der Waals surface area contributed by atoms with Gasteiger partial charge in [0, 0.05) is 36.8 Å². The number of anilines is 1. The van der Waals surface area contributed by atoms with E-state index in [1.807, 2.05) is 37.4 Å². The normalized spacial score (nSPS) is 18.4. The largest absolute Gasteiger partial charge is 0.444 e. The van der Waals surface area contributed by atoms with E-state index in [2.05, 4.69) is 39.6 Å². The Hall–Kier alpha value is -2.15. The molecule has 4 rings (SSSR count). The van der Waals surface area contributed by atoms with Crippen LogP contribution in [0.3, 0.4) is 0 Å². The number of carbonyl (C=O) groups excluding carboxylic acids is 1. The van der Waals surface area contributed by atoms with Gasteiger partial charge in [0.25, 0.3) is 0 Å². The van der Waals surface area contributed by atoms with E-state index in [4.69, 9.17) is 4.74 Å². The van der Waals surface area contributed by atoms with Gasteiger partial charge in [0.05, 0.1) is 16.9 Å². The van der Waals surface area contributed by atoms with E-state index in [-0.39, 0.29) is 6.09 Å². The molecule has 0 unspecified atom stereocenters. The Morgan fingerprint density at radius 1 is 1.32 bits per heavy atom. The number of fused-ring (bicyclic) bond motifs is 1. The van der Waals surface area contributed by atoms with Gasteiger partial charge in [-0.25, -0.2) is 4.79 Å². The SMILES string of the molecule is CC(C)(C)OC(=O)N1CCC(Nc2cccc3cc(C4=NCCS4)[nH]c23)CC1. The molecular formula is C21H28N4O2S. The summed E-state index contributed by atoms with van der Waals surface area (Å²) >= 11 is 1.81. The number of likely N-dealkylation sites (tertiary alicyclic amines) is 1. The summed E-state index contributed by atoms with van der Waals surface area (Å²) < 4.78 is 5.49. The summed E-state index contributed by atoms with van der Waals surface area (Å²) in [6.07, 6.45) is 1.61. The van der Waals surface area contributed by atoms with Crippen molar-refractivity contribution in [2.75, 3.05) is 30.7 Å². The van der Waals surface area contributed by atoms with E-state index >= 15 is 0 Å². The van der Waals surface area contributed by atoms with Crippen molar-refractivity contribution in [3.63, 3.8) is 0 Å². The lowest BCUT2D eigenvalue weighted by Gasteiger charge is -2.34. The van der Waals surface area contributed by atoms with Crippen molar-refractivity contribution in [2.45, 2.75) is 45.3 Å². The van der Waals surface area contributed by atoms with E-state index in [0.29, 0.717) is 19.1 Å². The summed E-state index contributed by atoms with van der Waals surface area (Å²) in [6, 6.07) is 8.86. The highest BCUT2D eigenvalue weighted by Crippen LogP contribution is 2.29. The number of thioether (sulfide) groups is 1. The maximum Gasteiger partial charge on any atom is 0.410 e. The van der Waals surface area contributed by atoms with Crippen molar-refractivity contribution in [3.05, 3.63) is 30.0 Å². The molecule has 0 aliphatic carbocycles. The van der Waals surface area contributed by atoms with Crippen LogP contribution < -0.4 is 5.32 Å². The van der Waals surface area contributed by atoms with Gasteiger partial charge in [-0.3, -0.25) is 4.99 Å². The molecule has 6 nitrogen and oxygen atoms in total. The Bertz CT molecular complexity index is 891. The van der Waals surface area contributed by atoms with Crippen LogP contribution in [0.4, 0.5) is 10.5 Å². The second kappa shape index (κ2) is 7.70. The van der Waals surface area contributed by atoms with Crippen LogP contribution in [0.2, 0.25) is 0 Å². The first-order valence-corrected chi connectivity index (χ1v) is 10.9. The van der Waals surface area contributed by atoms with Crippen molar-refractivity contribution in [2.24, 2.45) is 4.99 Å². The first-order chi connectivity index (χ1) is 13.4. The number of carbonyl (C=O) groups is 1. The number of aromatic nitrogens is 1. The molecule has 7 heteroatoms. The fourth-order valence-electron chi connectivity index (χ4n) is 3.64. The molecule has 2 aliphatic rings. The minimum absolute atomic E-state index is 0.211. The molecule has 0 saturated carbocycles. The van der Waals surface area contributed by atoms with Crippen LogP contribution >= 0.6 is 11.8 Å². The minimum Gasteiger partial charge on any atom is -0.444 e. The Balaban J connectivity index is 1.41. The number of nitrogens with zero attached hydrogens (tertiary/aromatic N) is 2. The zero-order chi connectivity index (χ0) is 19.7. The van der Waals surface area contributed by atoms with Crippen molar-refractivity contribution in [1.82, 2.24) is 9.88 Å². The molecule has 3 heterocycles. The number of nitrogens with one attached hydrogen (secondary N) is 2. The predicted octanol–water partition coefficient (Wildman–Crippen LogP) is 4.47. The fraction of sp³-hybridized carbons (Fsp3) is 0.524. The third-order valence-corrected chi connectivity index (χ3v) is 5.99. The standard InChI is InChI=1S/C21H28N4O2S/c1-21(2,3)27-20(26)25-10-7-15(8-11-25)23-16-6-4-5-14-13-17(24-18(14)16)19-22-9-12-28-19/h4-6,13,15,23-24H,7-12H2,1-3H3. The molecule has 0 radical (unpaired) electrons. The number of aromatic amines is 1. The second-order valence-corrected chi connectivity index (χ2v) is 9.46. The van der Waals surface area contributed by atoms with E-state index in [1.54, 1.807) is 0 Å². The van der Waals surface area contributed by atoms with Crippen LogP contribution in [0.1, 0.15) is 39.3 Å². The molecule has 150 valence electrons. The maximum atomic E-state index is 12.2. The van der Waals surface area contributed by atoms with Gasteiger partial charge < -0.3 is 19.9 Å². The predicted molar refractivity (Wildman–Crippen MR) is 117 cm³/mol. The summed E-state index contributed by atoms with van der Waals surface area (Å²) in [5, 5.41) is 5.98. The number of piperidine rings is 1. The first-order valence-electron chi connectivity index (χ1n) is 9.93. The Labute approximate surface area is 170 Å². The molecule has 28 heavy (non-hydrogen) atoms. The van der Waals surface area contributed by atoms with E-state index in [1.165, 1.54) is 5.39 Å². The van der Waals surface area contributed by atoms with Gasteiger partial charge in [0.15, 0.2) is 0 Å². The number of ether oxygens (including phenoxy) is 1. The van der Waals surface area contributed by atoms with E-state index in [9.17, 15) is 4.79 Å². The van der Waals surface area contributed by atoms with Gasteiger partial charge in [-0.1, -0.05) is 12.1 Å². The number of aliphatic imine (C=N–C) groups is 1. The number of benzene rings is 1. The van der Waals surface area contributed by atoms with Gasteiger partial charge in [0.2, 0.25) is 0 Å². The average molecular weight is 401 g/mol. The summed E-state index contributed by atoms with van der Waals surface area (Å²) in [7, 11) is 0. The topological polar surface area (TPSA) is 69.7 Å². The van der Waals surface area contributed by atoms with Crippen molar-refractivity contribution in [3.8, 4) is 0 Å². The van der Waals surface area contributed by atoms with Gasteiger partial charge >= 0.3 is 6.09 Å². The molecule has 1 saturated heterocycles. The van der Waals surface area contributed by atoms with Crippen LogP contribution in [0, 0.1) is 0 Å². The first kappa shape index (κ1) is 19.2. The molecule has 2 aliphatic heterocycles. The number of hydrogen-bond acceptors (Lipinski definition) is 5. The highest BCUT2D eigenvalue weighted by molar-refractivity contribution is 8.14. The van der Waals surface area contributed by atoms with Crippen LogP contribution in [0.15, 0.2) is 29.3 Å². The fourth-order valence-corrected chi connectivity index (χ4v) is 4.47. The van der Waals surface area contributed by atoms with Crippen molar-refractivity contribution < 1.29 is 9.53 Å². The van der Waals surface area contributed by atoms with Gasteiger partial charge in [0.1, 0.15) is 10.6 Å². The highest BCUT2D eigenvalue weighted by atomic mass is 32.2. The number of amides is 1. The van der Waals surface area contributed by atoms with Crippen LogP contribution in [0.25, 0.3) is 10.9 Å². The van der Waals surface area contributed by atoms with Crippen LogP contribution in [-0.2, 0) is 4.74 Å². The summed E-state index contributed by atoms with van der Waals surface area (Å²) in [6.45, 7) is 8.04. The van der Waals surface area contributed by atoms with Crippen LogP contribution in [-0.4, -0.2) is 58.1 Å². The molecule has 2 N–H and O–H groups in total. The summed E-state index contributed by atoms with van der Waals surface area (Å²) in [5.74, 6) is 1.06. The van der Waals surface area contributed by atoms with Crippen molar-refractivity contribution >= 4 is 39.5 Å². The molecule has 0 atom stereocenters. The smallest absolute Gasteiger partial charge is 0.410 e. The maximum absolute atomic E-state index is 12.2. The Morgan fingerprint density at radius 3 is 2.79 bits per heavy atom. The number of rotatable bonds is 3. The third-order valence-electron chi connectivity index (χ3n) is 4.98. The van der Waals surface area contributed by atoms with Crippen molar-refractivity contribution in [1.29, 1.82) is 0 Å². The Kier molecular flexibility index (Phi) is 5.27. The lowest BCUT2D eigenvalue weighted by atomic mass is 10.0. The average Bonchev–Trinajstić information content (AvgIpc) is 3.31. The third kappa shape index (κ3) is 4.29. The van der Waals surface area contributed by atoms with E-state index < -0.39 is 5.60 Å². The molecule has 1 aromatic carbocycles. The lowest BCUT2D eigenvalue weighted by Crippen LogP contribution is -2.44.